The molecule has 0 aromatic carbocycles. The Morgan fingerprint density at radius 2 is 1.67 bits per heavy atom. The van der Waals surface area contributed by atoms with Crippen molar-refractivity contribution in [1.29, 1.82) is 0 Å². The first-order valence-electron chi connectivity index (χ1n) is 6.11. The van der Waals surface area contributed by atoms with E-state index in [1.165, 1.54) is 0 Å². The molecule has 3 aromatic heterocycles. The number of aryl methyl sites for hydroxylation is 3. The number of hydrogen-bond acceptors (Lipinski definition) is 5. The van der Waals surface area contributed by atoms with E-state index in [2.05, 4.69) is 20.3 Å². The first-order valence-corrected chi connectivity index (χ1v) is 6.87. The summed E-state index contributed by atoms with van der Waals surface area (Å²) < 4.78 is 1.70. The molecule has 8 heteroatoms. The Balaban J connectivity index is 0.000000161. The molecular weight excluding hydrogens is 311 g/mol. The highest BCUT2D eigenvalue weighted by molar-refractivity contribution is 6.29. The molecule has 3 rings (SSSR count). The summed E-state index contributed by atoms with van der Waals surface area (Å²) in [6.07, 6.45) is 1.86. The van der Waals surface area contributed by atoms with Crippen LogP contribution in [0.2, 0.25) is 10.3 Å². The van der Waals surface area contributed by atoms with Crippen molar-refractivity contribution in [1.82, 2.24) is 24.8 Å². The molecule has 0 bridgehead atoms. The summed E-state index contributed by atoms with van der Waals surface area (Å²) in [5.74, 6) is 0.430. The lowest BCUT2D eigenvalue weighted by atomic mass is 10.3. The number of hydrogen-bond donors (Lipinski definition) is 1. The molecule has 2 N–H and O–H groups in total. The molecule has 0 unspecified atom stereocenters. The van der Waals surface area contributed by atoms with Crippen molar-refractivity contribution < 1.29 is 0 Å². The van der Waals surface area contributed by atoms with Gasteiger partial charge in [-0.2, -0.15) is 5.10 Å². The van der Waals surface area contributed by atoms with Gasteiger partial charge in [0, 0.05) is 0 Å². The van der Waals surface area contributed by atoms with Crippen molar-refractivity contribution in [3.05, 3.63) is 45.5 Å². The van der Waals surface area contributed by atoms with Gasteiger partial charge < -0.3 is 5.73 Å². The van der Waals surface area contributed by atoms with E-state index < -0.39 is 0 Å². The number of nitrogens with zero attached hydrogens (tertiary/aromatic N) is 5. The van der Waals surface area contributed by atoms with Crippen LogP contribution in [0.5, 0.6) is 0 Å². The van der Waals surface area contributed by atoms with Crippen molar-refractivity contribution in [3.8, 4) is 0 Å². The molecule has 0 saturated heterocycles. The fourth-order valence-corrected chi connectivity index (χ4v) is 2.11. The third-order valence-corrected chi connectivity index (χ3v) is 3.06. The van der Waals surface area contributed by atoms with Crippen LogP contribution in [0.3, 0.4) is 0 Å². The Morgan fingerprint density at radius 1 is 1.00 bits per heavy atom. The van der Waals surface area contributed by atoms with Crippen LogP contribution in [0.1, 0.15) is 16.8 Å². The average Bonchev–Trinajstić information content (AvgIpc) is 2.76. The lowest BCUT2D eigenvalue weighted by molar-refractivity contribution is 0.927. The normalized spacial score (nSPS) is 10.3. The number of nitrogen functional groups attached to an aromatic ring is 1. The Kier molecular flexibility index (Phi) is 4.59. The summed E-state index contributed by atoms with van der Waals surface area (Å²) in [6, 6.07) is 3.48. The predicted molar refractivity (Wildman–Crippen MR) is 83.7 cm³/mol. The highest BCUT2D eigenvalue weighted by Crippen LogP contribution is 2.12. The maximum absolute atomic E-state index is 5.77. The zero-order chi connectivity index (χ0) is 15.6. The predicted octanol–water partition coefficient (Wildman–Crippen LogP) is 3.02. The van der Waals surface area contributed by atoms with Gasteiger partial charge in [-0.1, -0.05) is 23.2 Å². The molecule has 0 aliphatic rings. The molecule has 6 nitrogen and oxygen atoms in total. The monoisotopic (exact) mass is 324 g/mol. The fraction of sp³-hybridized carbons (Fsp3) is 0.231. The Labute approximate surface area is 131 Å². The van der Waals surface area contributed by atoms with Crippen molar-refractivity contribution >= 4 is 34.7 Å². The number of halogens is 2. The quantitative estimate of drug-likeness (QED) is 0.687. The zero-order valence-corrected chi connectivity index (χ0v) is 13.3. The zero-order valence-electron chi connectivity index (χ0n) is 11.8. The first kappa shape index (κ1) is 15.5. The Morgan fingerprint density at radius 3 is 2.29 bits per heavy atom. The van der Waals surface area contributed by atoms with Gasteiger partial charge in [-0.15, -0.1) is 10.2 Å². The molecule has 0 aliphatic heterocycles. The van der Waals surface area contributed by atoms with Gasteiger partial charge in [0.25, 0.3) is 0 Å². The summed E-state index contributed by atoms with van der Waals surface area (Å²) in [5, 5.41) is 12.1. The van der Waals surface area contributed by atoms with Gasteiger partial charge in [0.05, 0.1) is 11.9 Å². The topological polar surface area (TPSA) is 82.0 Å². The van der Waals surface area contributed by atoms with Crippen LogP contribution in [-0.4, -0.2) is 24.8 Å². The van der Waals surface area contributed by atoms with E-state index in [0.717, 1.165) is 22.5 Å². The molecule has 0 saturated carbocycles. The van der Waals surface area contributed by atoms with Gasteiger partial charge in [0.2, 0.25) is 0 Å². The van der Waals surface area contributed by atoms with Gasteiger partial charge in [0.15, 0.2) is 10.8 Å². The second kappa shape index (κ2) is 6.24. The number of nitrogens with two attached hydrogens (primary N) is 1. The third kappa shape index (κ3) is 3.80. The lowest BCUT2D eigenvalue weighted by Gasteiger charge is -1.96. The van der Waals surface area contributed by atoms with Gasteiger partial charge >= 0.3 is 0 Å². The minimum absolute atomic E-state index is 0.377. The molecule has 0 fully saturated rings. The summed E-state index contributed by atoms with van der Waals surface area (Å²) in [4.78, 5) is 4.30. The summed E-state index contributed by atoms with van der Waals surface area (Å²) in [6.45, 7) is 5.73. The number of imidazole rings is 1. The SMILES string of the molecule is Cc1cc(Cl)nnc1N.Cc1cn2nc(Cl)cc(C)c2n1. The smallest absolute Gasteiger partial charge is 0.156 e. The van der Waals surface area contributed by atoms with E-state index in [1.807, 2.05) is 33.0 Å². The molecule has 3 aromatic rings. The molecule has 0 atom stereocenters. The van der Waals surface area contributed by atoms with Gasteiger partial charge in [0.1, 0.15) is 11.0 Å². The molecule has 110 valence electrons. The van der Waals surface area contributed by atoms with Gasteiger partial charge in [-0.05, 0) is 44.0 Å². The van der Waals surface area contributed by atoms with Gasteiger partial charge in [-0.3, -0.25) is 0 Å². The summed E-state index contributed by atoms with van der Waals surface area (Å²) in [5.41, 5.74) is 9.08. The van der Waals surface area contributed by atoms with Crippen molar-refractivity contribution in [2.45, 2.75) is 20.8 Å². The maximum atomic E-state index is 5.77. The third-order valence-electron chi connectivity index (χ3n) is 2.69. The standard InChI is InChI=1S/C8H8ClN3.C5H6ClN3/c1-5-3-7(9)11-12-4-6(2)10-8(5)12;1-3-2-4(6)8-9-5(3)7/h3-4H,1-2H3;2H,1H3,(H2,7,9). The maximum Gasteiger partial charge on any atom is 0.156 e. The number of anilines is 1. The molecule has 0 amide bonds. The summed E-state index contributed by atoms with van der Waals surface area (Å²) in [7, 11) is 0. The van der Waals surface area contributed by atoms with E-state index in [4.69, 9.17) is 28.9 Å². The van der Waals surface area contributed by atoms with E-state index in [-0.39, 0.29) is 0 Å². The van der Waals surface area contributed by atoms with Crippen LogP contribution in [0.15, 0.2) is 18.3 Å². The van der Waals surface area contributed by atoms with E-state index in [1.54, 1.807) is 10.6 Å². The molecule has 0 radical (unpaired) electrons. The van der Waals surface area contributed by atoms with Crippen molar-refractivity contribution in [2.24, 2.45) is 0 Å². The Bertz CT molecular complexity index is 784. The van der Waals surface area contributed by atoms with Crippen LogP contribution >= 0.6 is 23.2 Å². The second-order valence-electron chi connectivity index (χ2n) is 4.54. The number of rotatable bonds is 0. The van der Waals surface area contributed by atoms with Crippen molar-refractivity contribution in [3.63, 3.8) is 0 Å². The molecule has 21 heavy (non-hydrogen) atoms. The highest BCUT2D eigenvalue weighted by atomic mass is 35.5. The molecule has 3 heterocycles. The van der Waals surface area contributed by atoms with Crippen LogP contribution in [0.25, 0.3) is 5.65 Å². The van der Waals surface area contributed by atoms with Crippen molar-refractivity contribution in [2.75, 3.05) is 5.73 Å². The highest BCUT2D eigenvalue weighted by Gasteiger charge is 2.02. The summed E-state index contributed by atoms with van der Waals surface area (Å²) >= 11 is 11.3. The Hall–Kier alpha value is -1.92. The van der Waals surface area contributed by atoms with Crippen LogP contribution < -0.4 is 5.73 Å². The fourth-order valence-electron chi connectivity index (χ4n) is 1.67. The number of aromatic nitrogens is 5. The molecule has 0 spiro atoms. The first-order chi connectivity index (χ1) is 9.86. The minimum Gasteiger partial charge on any atom is -0.382 e. The average molecular weight is 325 g/mol. The number of fused-ring (bicyclic) bond motifs is 1. The van der Waals surface area contributed by atoms with Crippen LogP contribution in [0, 0.1) is 20.8 Å². The van der Waals surface area contributed by atoms with E-state index in [9.17, 15) is 0 Å². The van der Waals surface area contributed by atoms with Crippen LogP contribution in [-0.2, 0) is 0 Å². The second-order valence-corrected chi connectivity index (χ2v) is 5.31. The van der Waals surface area contributed by atoms with Crippen LogP contribution in [0.4, 0.5) is 5.82 Å². The van der Waals surface area contributed by atoms with E-state index >= 15 is 0 Å². The van der Waals surface area contributed by atoms with Gasteiger partial charge in [-0.25, -0.2) is 9.50 Å². The largest absolute Gasteiger partial charge is 0.382 e. The van der Waals surface area contributed by atoms with E-state index in [0.29, 0.717) is 16.1 Å². The molecule has 0 aliphatic carbocycles. The molecular formula is C13H14Cl2N6. The lowest BCUT2D eigenvalue weighted by Crippen LogP contribution is -1.95. The minimum atomic E-state index is 0.377.